The Hall–Kier alpha value is -2.89. The number of carbonyl (C=O) groups excluding carboxylic acids is 2. The van der Waals surface area contributed by atoms with Crippen LogP contribution in [0.5, 0.6) is 5.75 Å². The molecule has 2 amide bonds. The molecular weight excluding hydrogens is 330 g/mol. The van der Waals surface area contributed by atoms with Crippen LogP contribution in [0.2, 0.25) is 0 Å². The molecule has 0 saturated carbocycles. The molecule has 26 heavy (non-hydrogen) atoms. The van der Waals surface area contributed by atoms with Gasteiger partial charge in [0.05, 0.1) is 12.8 Å². The Kier molecular flexibility index (Phi) is 6.72. The summed E-state index contributed by atoms with van der Waals surface area (Å²) in [6, 6.07) is 8.59. The van der Waals surface area contributed by atoms with Crippen molar-refractivity contribution in [1.82, 2.24) is 10.3 Å². The maximum Gasteiger partial charge on any atom is 0.274 e. The van der Waals surface area contributed by atoms with Gasteiger partial charge in [-0.25, -0.2) is 0 Å². The molecule has 6 nitrogen and oxygen atoms in total. The number of hydrogen-bond donors (Lipinski definition) is 2. The molecule has 0 bridgehead atoms. The van der Waals surface area contributed by atoms with Crippen molar-refractivity contribution in [3.63, 3.8) is 0 Å². The summed E-state index contributed by atoms with van der Waals surface area (Å²) in [6.07, 6.45) is 2.36. The first-order valence-corrected chi connectivity index (χ1v) is 8.61. The number of aromatic nitrogens is 1. The molecule has 0 unspecified atom stereocenters. The van der Waals surface area contributed by atoms with Crippen LogP contribution >= 0.6 is 0 Å². The average Bonchev–Trinajstić information content (AvgIpc) is 2.61. The molecule has 0 saturated heterocycles. The summed E-state index contributed by atoms with van der Waals surface area (Å²) in [6.45, 7) is 6.72. The van der Waals surface area contributed by atoms with Crippen LogP contribution < -0.4 is 15.4 Å². The third-order valence-corrected chi connectivity index (χ3v) is 3.87. The number of benzene rings is 1. The Morgan fingerprint density at radius 1 is 1.15 bits per heavy atom. The van der Waals surface area contributed by atoms with Gasteiger partial charge in [0.15, 0.2) is 0 Å². The maximum absolute atomic E-state index is 12.5. The van der Waals surface area contributed by atoms with Crippen molar-refractivity contribution in [3.8, 4) is 5.75 Å². The van der Waals surface area contributed by atoms with E-state index in [4.69, 9.17) is 4.74 Å². The number of anilines is 1. The van der Waals surface area contributed by atoms with Crippen molar-refractivity contribution < 1.29 is 14.3 Å². The summed E-state index contributed by atoms with van der Waals surface area (Å²) >= 11 is 0. The number of methoxy groups -OCH3 is 1. The minimum Gasteiger partial charge on any atom is -0.495 e. The minimum atomic E-state index is -0.397. The zero-order chi connectivity index (χ0) is 19.1. The number of amides is 2. The molecule has 0 spiro atoms. The predicted molar refractivity (Wildman–Crippen MR) is 102 cm³/mol. The molecule has 0 fully saturated rings. The molecule has 2 rings (SSSR count). The highest BCUT2D eigenvalue weighted by Gasteiger charge is 2.14. The fraction of sp³-hybridized carbons (Fsp3) is 0.350. The van der Waals surface area contributed by atoms with Crippen molar-refractivity contribution in [3.05, 3.63) is 53.3 Å². The highest BCUT2D eigenvalue weighted by Crippen LogP contribution is 2.25. The standard InChI is InChI=1S/C20H25N3O3/c1-13(2)7-9-22-19(24)15-8-10-21-17(12-15)20(25)23-16-11-14(3)5-6-18(16)26-4/h5-6,8,10-13H,7,9H2,1-4H3,(H,22,24)(H,23,25). The van der Waals surface area contributed by atoms with Gasteiger partial charge >= 0.3 is 0 Å². The lowest BCUT2D eigenvalue weighted by Gasteiger charge is -2.11. The van der Waals surface area contributed by atoms with Crippen LogP contribution in [-0.2, 0) is 0 Å². The second kappa shape index (κ2) is 8.99. The van der Waals surface area contributed by atoms with Gasteiger partial charge in [-0.15, -0.1) is 0 Å². The van der Waals surface area contributed by atoms with E-state index >= 15 is 0 Å². The number of ether oxygens (including phenoxy) is 1. The fourth-order valence-corrected chi connectivity index (χ4v) is 2.38. The molecular formula is C20H25N3O3. The highest BCUT2D eigenvalue weighted by atomic mass is 16.5. The van der Waals surface area contributed by atoms with Gasteiger partial charge in [0.2, 0.25) is 0 Å². The number of rotatable bonds is 7. The van der Waals surface area contributed by atoms with Gasteiger partial charge in [-0.05, 0) is 49.1 Å². The Bertz CT molecular complexity index is 788. The summed E-state index contributed by atoms with van der Waals surface area (Å²) in [7, 11) is 1.54. The summed E-state index contributed by atoms with van der Waals surface area (Å²) < 4.78 is 5.26. The van der Waals surface area contributed by atoms with E-state index in [2.05, 4.69) is 29.5 Å². The quantitative estimate of drug-likeness (QED) is 0.797. The highest BCUT2D eigenvalue weighted by molar-refractivity contribution is 6.05. The van der Waals surface area contributed by atoms with E-state index in [-0.39, 0.29) is 11.6 Å². The third kappa shape index (κ3) is 5.31. The predicted octanol–water partition coefficient (Wildman–Crippen LogP) is 3.43. The Labute approximate surface area is 154 Å². The Morgan fingerprint density at radius 3 is 2.62 bits per heavy atom. The smallest absolute Gasteiger partial charge is 0.274 e. The number of carbonyl (C=O) groups is 2. The average molecular weight is 355 g/mol. The lowest BCUT2D eigenvalue weighted by Crippen LogP contribution is -2.26. The molecule has 0 atom stereocenters. The van der Waals surface area contributed by atoms with Crippen molar-refractivity contribution in [1.29, 1.82) is 0 Å². The SMILES string of the molecule is COc1ccc(C)cc1NC(=O)c1cc(C(=O)NCCC(C)C)ccn1. The van der Waals surface area contributed by atoms with E-state index in [9.17, 15) is 9.59 Å². The van der Waals surface area contributed by atoms with E-state index in [1.165, 1.54) is 12.3 Å². The number of nitrogens with zero attached hydrogens (tertiary/aromatic N) is 1. The third-order valence-electron chi connectivity index (χ3n) is 3.87. The van der Waals surface area contributed by atoms with Crippen LogP contribution in [0.3, 0.4) is 0 Å². The zero-order valence-corrected chi connectivity index (χ0v) is 15.6. The summed E-state index contributed by atoms with van der Waals surface area (Å²) in [4.78, 5) is 28.8. The summed E-state index contributed by atoms with van der Waals surface area (Å²) in [5, 5.41) is 5.64. The molecule has 6 heteroatoms. The maximum atomic E-state index is 12.5. The van der Waals surface area contributed by atoms with Crippen LogP contribution in [0, 0.1) is 12.8 Å². The van der Waals surface area contributed by atoms with Crippen LogP contribution in [0.25, 0.3) is 0 Å². The molecule has 2 N–H and O–H groups in total. The first-order chi connectivity index (χ1) is 12.4. The van der Waals surface area contributed by atoms with Crippen molar-refractivity contribution >= 4 is 17.5 Å². The first kappa shape index (κ1) is 19.4. The normalized spacial score (nSPS) is 10.5. The molecule has 0 radical (unpaired) electrons. The molecule has 1 aromatic heterocycles. The molecule has 0 aliphatic carbocycles. The number of nitrogens with one attached hydrogen (secondary N) is 2. The van der Waals surface area contributed by atoms with Crippen molar-refractivity contribution in [2.24, 2.45) is 5.92 Å². The molecule has 138 valence electrons. The van der Waals surface area contributed by atoms with Crippen LogP contribution in [0.1, 0.15) is 46.7 Å². The van der Waals surface area contributed by atoms with Crippen molar-refractivity contribution in [2.45, 2.75) is 27.2 Å². The van der Waals surface area contributed by atoms with Gasteiger partial charge in [-0.3, -0.25) is 14.6 Å². The molecule has 0 aliphatic heterocycles. The van der Waals surface area contributed by atoms with Crippen LogP contribution in [0.4, 0.5) is 5.69 Å². The fourth-order valence-electron chi connectivity index (χ4n) is 2.38. The van der Waals surface area contributed by atoms with Gasteiger partial charge < -0.3 is 15.4 Å². The second-order valence-corrected chi connectivity index (χ2v) is 6.53. The lowest BCUT2D eigenvalue weighted by molar-refractivity contribution is 0.0952. The van der Waals surface area contributed by atoms with Gasteiger partial charge in [0.25, 0.3) is 11.8 Å². The number of aryl methyl sites for hydroxylation is 1. The van der Waals surface area contributed by atoms with E-state index in [1.807, 2.05) is 19.1 Å². The zero-order valence-electron chi connectivity index (χ0n) is 15.6. The summed E-state index contributed by atoms with van der Waals surface area (Å²) in [5.41, 5.74) is 2.13. The molecule has 2 aromatic rings. The minimum absolute atomic E-state index is 0.171. The van der Waals surface area contributed by atoms with Gasteiger partial charge in [0, 0.05) is 18.3 Å². The van der Waals surface area contributed by atoms with E-state index < -0.39 is 5.91 Å². The molecule has 0 aliphatic rings. The molecule has 1 aromatic carbocycles. The van der Waals surface area contributed by atoms with Crippen LogP contribution in [0.15, 0.2) is 36.5 Å². The Balaban J connectivity index is 2.10. The van der Waals surface area contributed by atoms with E-state index in [0.29, 0.717) is 29.5 Å². The topological polar surface area (TPSA) is 80.3 Å². The van der Waals surface area contributed by atoms with E-state index in [0.717, 1.165) is 12.0 Å². The molecule has 1 heterocycles. The lowest BCUT2D eigenvalue weighted by atomic mass is 10.1. The Morgan fingerprint density at radius 2 is 1.92 bits per heavy atom. The monoisotopic (exact) mass is 355 g/mol. The van der Waals surface area contributed by atoms with Gasteiger partial charge in [-0.2, -0.15) is 0 Å². The number of hydrogen-bond acceptors (Lipinski definition) is 4. The van der Waals surface area contributed by atoms with Crippen molar-refractivity contribution in [2.75, 3.05) is 19.0 Å². The largest absolute Gasteiger partial charge is 0.495 e. The number of pyridine rings is 1. The van der Waals surface area contributed by atoms with Crippen LogP contribution in [-0.4, -0.2) is 30.5 Å². The van der Waals surface area contributed by atoms with Gasteiger partial charge in [0.1, 0.15) is 11.4 Å². The summed E-state index contributed by atoms with van der Waals surface area (Å²) in [5.74, 6) is 0.464. The van der Waals surface area contributed by atoms with Gasteiger partial charge in [-0.1, -0.05) is 19.9 Å². The second-order valence-electron chi connectivity index (χ2n) is 6.53. The van der Waals surface area contributed by atoms with E-state index in [1.54, 1.807) is 19.2 Å². The first-order valence-electron chi connectivity index (χ1n) is 8.61.